The Bertz CT molecular complexity index is 954. The molecule has 0 saturated heterocycles. The van der Waals surface area contributed by atoms with Gasteiger partial charge in [-0.3, -0.25) is 4.79 Å². The van der Waals surface area contributed by atoms with E-state index in [2.05, 4.69) is 0 Å². The predicted octanol–water partition coefficient (Wildman–Crippen LogP) is 2.35. The Morgan fingerprint density at radius 1 is 1.00 bits per heavy atom. The van der Waals surface area contributed by atoms with E-state index in [1.807, 2.05) is 50.2 Å². The molecule has 30 heavy (non-hydrogen) atoms. The second-order valence-corrected chi connectivity index (χ2v) is 7.23. The average Bonchev–Trinajstić information content (AvgIpc) is 2.76. The summed E-state index contributed by atoms with van der Waals surface area (Å²) in [5.74, 6) is -1.06. The standard InChI is InChI=1S/C23H25NO6/c1-15-8-9-19(10-16(15)2)29-14-22(26)30-13-21(25)24-12-18-7-5-4-6-17(18)11-20(24)23(27)28-3/h4-10,20H,11-14H2,1-3H3/t20-/m0/s1. The molecule has 1 aliphatic rings. The van der Waals surface area contributed by atoms with E-state index in [4.69, 9.17) is 14.2 Å². The van der Waals surface area contributed by atoms with Gasteiger partial charge in [0.1, 0.15) is 11.8 Å². The number of carbonyl (C=O) groups excluding carboxylic acids is 3. The topological polar surface area (TPSA) is 82.1 Å². The number of carbonyl (C=O) groups is 3. The lowest BCUT2D eigenvalue weighted by molar-refractivity contribution is -0.160. The van der Waals surface area contributed by atoms with Gasteiger partial charge >= 0.3 is 11.9 Å². The van der Waals surface area contributed by atoms with Crippen molar-refractivity contribution in [1.82, 2.24) is 4.90 Å². The summed E-state index contributed by atoms with van der Waals surface area (Å²) in [4.78, 5) is 38.3. The highest BCUT2D eigenvalue weighted by Crippen LogP contribution is 2.24. The van der Waals surface area contributed by atoms with Gasteiger partial charge in [-0.05, 0) is 48.2 Å². The first-order chi connectivity index (χ1) is 14.4. The smallest absolute Gasteiger partial charge is 0.344 e. The first-order valence-electron chi connectivity index (χ1n) is 9.68. The molecule has 0 fully saturated rings. The quantitative estimate of drug-likeness (QED) is 0.679. The van der Waals surface area contributed by atoms with E-state index in [0.29, 0.717) is 12.2 Å². The fraction of sp³-hybridized carbons (Fsp3) is 0.348. The minimum Gasteiger partial charge on any atom is -0.482 e. The van der Waals surface area contributed by atoms with Gasteiger partial charge in [0, 0.05) is 13.0 Å². The summed E-state index contributed by atoms with van der Waals surface area (Å²) in [6.45, 7) is 3.42. The van der Waals surface area contributed by atoms with Crippen molar-refractivity contribution in [3.8, 4) is 5.75 Å². The van der Waals surface area contributed by atoms with Crippen molar-refractivity contribution < 1.29 is 28.6 Å². The number of methoxy groups -OCH3 is 1. The van der Waals surface area contributed by atoms with E-state index in [-0.39, 0.29) is 13.2 Å². The first kappa shape index (κ1) is 21.4. The molecule has 0 aromatic heterocycles. The Labute approximate surface area is 175 Å². The van der Waals surface area contributed by atoms with Crippen LogP contribution >= 0.6 is 0 Å². The Morgan fingerprint density at radius 3 is 2.43 bits per heavy atom. The van der Waals surface area contributed by atoms with Crippen LogP contribution in [-0.4, -0.2) is 49.1 Å². The Morgan fingerprint density at radius 2 is 1.73 bits per heavy atom. The van der Waals surface area contributed by atoms with Gasteiger partial charge in [-0.25, -0.2) is 9.59 Å². The lowest BCUT2D eigenvalue weighted by atomic mass is 9.94. The van der Waals surface area contributed by atoms with Crippen LogP contribution in [0.4, 0.5) is 0 Å². The van der Waals surface area contributed by atoms with Gasteiger partial charge in [0.15, 0.2) is 13.2 Å². The van der Waals surface area contributed by atoms with Crippen LogP contribution in [-0.2, 0) is 36.8 Å². The van der Waals surface area contributed by atoms with E-state index in [9.17, 15) is 14.4 Å². The summed E-state index contributed by atoms with van der Waals surface area (Å²) in [5, 5.41) is 0. The van der Waals surface area contributed by atoms with Crippen molar-refractivity contribution >= 4 is 17.8 Å². The minimum atomic E-state index is -0.747. The van der Waals surface area contributed by atoms with Crippen molar-refractivity contribution in [2.75, 3.05) is 20.3 Å². The molecule has 0 saturated carbocycles. The maximum atomic E-state index is 12.7. The van der Waals surface area contributed by atoms with Crippen molar-refractivity contribution in [3.63, 3.8) is 0 Å². The fourth-order valence-electron chi connectivity index (χ4n) is 3.34. The molecular weight excluding hydrogens is 386 g/mol. The SMILES string of the molecule is COC(=O)[C@@H]1Cc2ccccc2CN1C(=O)COC(=O)COc1ccc(C)c(C)c1. The first-order valence-corrected chi connectivity index (χ1v) is 9.68. The zero-order valence-corrected chi connectivity index (χ0v) is 17.3. The third-order valence-electron chi connectivity index (χ3n) is 5.23. The number of nitrogens with zero attached hydrogens (tertiary/aromatic N) is 1. The molecule has 3 rings (SSSR count). The van der Waals surface area contributed by atoms with Crippen LogP contribution in [0.15, 0.2) is 42.5 Å². The molecule has 7 heteroatoms. The molecule has 2 aromatic carbocycles. The summed E-state index contributed by atoms with van der Waals surface area (Å²) in [5.41, 5.74) is 4.13. The largest absolute Gasteiger partial charge is 0.482 e. The second-order valence-electron chi connectivity index (χ2n) is 7.23. The van der Waals surface area contributed by atoms with Crippen molar-refractivity contribution in [2.24, 2.45) is 0 Å². The average molecular weight is 411 g/mol. The van der Waals surface area contributed by atoms with Crippen LogP contribution in [0.3, 0.4) is 0 Å². The monoisotopic (exact) mass is 411 g/mol. The molecule has 1 atom stereocenters. The zero-order valence-electron chi connectivity index (χ0n) is 17.3. The van der Waals surface area contributed by atoms with Crippen LogP contribution < -0.4 is 4.74 Å². The molecule has 0 unspecified atom stereocenters. The van der Waals surface area contributed by atoms with Crippen LogP contribution in [0, 0.1) is 13.8 Å². The van der Waals surface area contributed by atoms with Crippen molar-refractivity contribution in [2.45, 2.75) is 32.9 Å². The van der Waals surface area contributed by atoms with Crippen molar-refractivity contribution in [1.29, 1.82) is 0 Å². The van der Waals surface area contributed by atoms with Crippen LogP contribution in [0.1, 0.15) is 22.3 Å². The molecule has 1 heterocycles. The molecule has 0 aliphatic carbocycles. The molecule has 0 N–H and O–H groups in total. The molecule has 1 aliphatic heterocycles. The zero-order chi connectivity index (χ0) is 21.7. The summed E-state index contributed by atoms with van der Waals surface area (Å²) >= 11 is 0. The molecular formula is C23H25NO6. The number of benzene rings is 2. The van der Waals surface area contributed by atoms with Gasteiger partial charge in [-0.2, -0.15) is 0 Å². The van der Waals surface area contributed by atoms with E-state index in [1.165, 1.54) is 12.0 Å². The lowest BCUT2D eigenvalue weighted by Crippen LogP contribution is -2.50. The second kappa shape index (κ2) is 9.43. The highest BCUT2D eigenvalue weighted by Gasteiger charge is 2.35. The number of rotatable bonds is 6. The number of hydrogen-bond acceptors (Lipinski definition) is 6. The van der Waals surface area contributed by atoms with Gasteiger partial charge < -0.3 is 19.1 Å². The number of amides is 1. The Hall–Kier alpha value is -3.35. The number of aryl methyl sites for hydroxylation is 2. The molecule has 0 radical (unpaired) electrons. The maximum Gasteiger partial charge on any atom is 0.344 e. The molecule has 0 bridgehead atoms. The molecule has 0 spiro atoms. The molecule has 1 amide bonds. The molecule has 2 aromatic rings. The summed E-state index contributed by atoms with van der Waals surface area (Å²) in [6.07, 6.45) is 0.360. The molecule has 7 nitrogen and oxygen atoms in total. The highest BCUT2D eigenvalue weighted by atomic mass is 16.6. The van der Waals surface area contributed by atoms with Crippen molar-refractivity contribution in [3.05, 3.63) is 64.7 Å². The van der Waals surface area contributed by atoms with E-state index in [1.54, 1.807) is 6.07 Å². The maximum absolute atomic E-state index is 12.7. The number of ether oxygens (including phenoxy) is 3. The third-order valence-corrected chi connectivity index (χ3v) is 5.23. The fourth-order valence-corrected chi connectivity index (χ4v) is 3.34. The number of hydrogen-bond donors (Lipinski definition) is 0. The van der Waals surface area contributed by atoms with Gasteiger partial charge in [0.25, 0.3) is 5.91 Å². The predicted molar refractivity (Wildman–Crippen MR) is 109 cm³/mol. The van der Waals surface area contributed by atoms with E-state index >= 15 is 0 Å². The molecule has 158 valence electrons. The van der Waals surface area contributed by atoms with Gasteiger partial charge in [-0.15, -0.1) is 0 Å². The minimum absolute atomic E-state index is 0.255. The van der Waals surface area contributed by atoms with Gasteiger partial charge in [0.2, 0.25) is 0 Å². The highest BCUT2D eigenvalue weighted by molar-refractivity contribution is 5.87. The van der Waals surface area contributed by atoms with Crippen LogP contribution in [0.2, 0.25) is 0 Å². The number of esters is 2. The van der Waals surface area contributed by atoms with Gasteiger partial charge in [-0.1, -0.05) is 30.3 Å². The van der Waals surface area contributed by atoms with Crippen LogP contribution in [0.25, 0.3) is 0 Å². The summed E-state index contributed by atoms with van der Waals surface area (Å²) < 4.78 is 15.4. The Balaban J connectivity index is 1.57. The summed E-state index contributed by atoms with van der Waals surface area (Å²) in [6, 6.07) is 12.4. The van der Waals surface area contributed by atoms with E-state index < -0.39 is 30.5 Å². The number of fused-ring (bicyclic) bond motifs is 1. The van der Waals surface area contributed by atoms with E-state index in [0.717, 1.165) is 22.3 Å². The van der Waals surface area contributed by atoms with Gasteiger partial charge in [0.05, 0.1) is 7.11 Å². The lowest BCUT2D eigenvalue weighted by Gasteiger charge is -2.35. The Kier molecular flexibility index (Phi) is 6.72. The normalized spacial score (nSPS) is 15.2. The third kappa shape index (κ3) is 4.97. The summed E-state index contributed by atoms with van der Waals surface area (Å²) in [7, 11) is 1.29. The van der Waals surface area contributed by atoms with Crippen LogP contribution in [0.5, 0.6) is 5.75 Å².